The summed E-state index contributed by atoms with van der Waals surface area (Å²) >= 11 is 1.44. The number of hydrogen-bond donors (Lipinski definition) is 1. The number of thiazole rings is 1. The Labute approximate surface area is 131 Å². The Bertz CT molecular complexity index is 672. The van der Waals surface area contributed by atoms with Gasteiger partial charge >= 0.3 is 6.09 Å². The van der Waals surface area contributed by atoms with Crippen LogP contribution in [0.25, 0.3) is 4.96 Å². The molecule has 0 unspecified atom stereocenters. The predicted octanol–water partition coefficient (Wildman–Crippen LogP) is 1.75. The molecule has 8 heteroatoms. The van der Waals surface area contributed by atoms with Crippen molar-refractivity contribution in [3.63, 3.8) is 0 Å². The van der Waals surface area contributed by atoms with Gasteiger partial charge in [-0.05, 0) is 19.8 Å². The first-order chi connectivity index (χ1) is 10.7. The van der Waals surface area contributed by atoms with E-state index in [0.29, 0.717) is 25.4 Å². The van der Waals surface area contributed by atoms with E-state index in [1.807, 2.05) is 5.38 Å². The van der Waals surface area contributed by atoms with Gasteiger partial charge in [0.2, 0.25) is 0 Å². The van der Waals surface area contributed by atoms with Gasteiger partial charge in [0.05, 0.1) is 6.61 Å². The Kier molecular flexibility index (Phi) is 4.28. The molecule has 0 atom stereocenters. The van der Waals surface area contributed by atoms with Crippen molar-refractivity contribution in [1.29, 1.82) is 0 Å². The van der Waals surface area contributed by atoms with Crippen LogP contribution < -0.4 is 5.32 Å². The Morgan fingerprint density at radius 1 is 1.45 bits per heavy atom. The van der Waals surface area contributed by atoms with Crippen LogP contribution in [-0.4, -0.2) is 52.0 Å². The average molecular weight is 322 g/mol. The molecule has 0 radical (unpaired) electrons. The van der Waals surface area contributed by atoms with E-state index in [1.165, 1.54) is 11.3 Å². The SMILES string of the molecule is CCOC(=O)N1CCC(NC(=O)c2csc3nccn23)CC1. The van der Waals surface area contributed by atoms with Gasteiger partial charge in [-0.25, -0.2) is 9.78 Å². The zero-order chi connectivity index (χ0) is 15.5. The van der Waals surface area contributed by atoms with Crippen LogP contribution in [0.15, 0.2) is 17.8 Å². The summed E-state index contributed by atoms with van der Waals surface area (Å²) in [6.07, 6.45) is 4.67. The van der Waals surface area contributed by atoms with Crippen LogP contribution in [0.1, 0.15) is 30.3 Å². The number of imidazole rings is 1. The second kappa shape index (κ2) is 6.35. The van der Waals surface area contributed by atoms with E-state index < -0.39 is 0 Å². The number of rotatable bonds is 3. The number of carbonyl (C=O) groups excluding carboxylic acids is 2. The zero-order valence-corrected chi connectivity index (χ0v) is 13.1. The summed E-state index contributed by atoms with van der Waals surface area (Å²) in [5.41, 5.74) is 0.602. The number of likely N-dealkylation sites (tertiary alicyclic amines) is 1. The van der Waals surface area contributed by atoms with Crippen LogP contribution in [0.2, 0.25) is 0 Å². The van der Waals surface area contributed by atoms with Gasteiger partial charge in [-0.2, -0.15) is 0 Å². The summed E-state index contributed by atoms with van der Waals surface area (Å²) in [5, 5.41) is 4.85. The molecule has 0 aliphatic carbocycles. The van der Waals surface area contributed by atoms with Crippen molar-refractivity contribution in [3.8, 4) is 0 Å². The Balaban J connectivity index is 1.56. The van der Waals surface area contributed by atoms with Gasteiger partial charge < -0.3 is 15.0 Å². The van der Waals surface area contributed by atoms with Gasteiger partial charge in [0, 0.05) is 36.9 Å². The summed E-state index contributed by atoms with van der Waals surface area (Å²) in [7, 11) is 0. The van der Waals surface area contributed by atoms with Crippen LogP contribution in [-0.2, 0) is 4.74 Å². The number of aromatic nitrogens is 2. The number of nitrogens with one attached hydrogen (secondary N) is 1. The molecule has 1 fully saturated rings. The molecule has 22 heavy (non-hydrogen) atoms. The largest absolute Gasteiger partial charge is 0.450 e. The topological polar surface area (TPSA) is 75.9 Å². The Hall–Kier alpha value is -2.09. The molecular weight excluding hydrogens is 304 g/mol. The molecular formula is C14H18N4O3S. The fourth-order valence-corrected chi connectivity index (χ4v) is 3.40. The molecule has 3 heterocycles. The molecule has 0 saturated carbocycles. The van der Waals surface area contributed by atoms with E-state index in [1.54, 1.807) is 28.6 Å². The molecule has 1 saturated heterocycles. The number of piperidine rings is 1. The molecule has 1 aliphatic heterocycles. The molecule has 0 aromatic carbocycles. The minimum Gasteiger partial charge on any atom is -0.450 e. The second-order valence-corrected chi connectivity index (χ2v) is 5.97. The zero-order valence-electron chi connectivity index (χ0n) is 12.3. The molecule has 2 aromatic rings. The van der Waals surface area contributed by atoms with Crippen molar-refractivity contribution < 1.29 is 14.3 Å². The van der Waals surface area contributed by atoms with E-state index in [0.717, 1.165) is 17.8 Å². The van der Waals surface area contributed by atoms with Gasteiger partial charge in [0.1, 0.15) is 5.69 Å². The highest BCUT2D eigenvalue weighted by Gasteiger charge is 2.25. The van der Waals surface area contributed by atoms with Gasteiger partial charge in [-0.3, -0.25) is 9.20 Å². The Morgan fingerprint density at radius 2 is 2.23 bits per heavy atom. The number of nitrogens with zero attached hydrogens (tertiary/aromatic N) is 3. The maximum Gasteiger partial charge on any atom is 0.409 e. The van der Waals surface area contributed by atoms with Crippen LogP contribution in [0.4, 0.5) is 4.79 Å². The van der Waals surface area contributed by atoms with E-state index >= 15 is 0 Å². The van der Waals surface area contributed by atoms with Crippen molar-refractivity contribution in [3.05, 3.63) is 23.5 Å². The number of hydrogen-bond acceptors (Lipinski definition) is 5. The van der Waals surface area contributed by atoms with Crippen molar-refractivity contribution >= 4 is 28.3 Å². The maximum absolute atomic E-state index is 12.3. The molecule has 118 valence electrons. The lowest BCUT2D eigenvalue weighted by Gasteiger charge is -2.31. The maximum atomic E-state index is 12.3. The third-order valence-electron chi connectivity index (χ3n) is 3.73. The van der Waals surface area contributed by atoms with Crippen LogP contribution in [0.5, 0.6) is 0 Å². The molecule has 2 amide bonds. The fraction of sp³-hybridized carbons (Fsp3) is 0.500. The van der Waals surface area contributed by atoms with Crippen LogP contribution in [0.3, 0.4) is 0 Å². The lowest BCUT2D eigenvalue weighted by atomic mass is 10.1. The molecule has 2 aromatic heterocycles. The first kappa shape index (κ1) is 14.8. The lowest BCUT2D eigenvalue weighted by Crippen LogP contribution is -2.46. The van der Waals surface area contributed by atoms with Gasteiger partial charge in [-0.15, -0.1) is 11.3 Å². The third-order valence-corrected chi connectivity index (χ3v) is 4.59. The molecule has 1 N–H and O–H groups in total. The monoisotopic (exact) mass is 322 g/mol. The molecule has 3 rings (SSSR count). The van der Waals surface area contributed by atoms with Crippen LogP contribution >= 0.6 is 11.3 Å². The van der Waals surface area contributed by atoms with E-state index in [2.05, 4.69) is 10.3 Å². The van der Waals surface area contributed by atoms with Crippen molar-refractivity contribution in [1.82, 2.24) is 19.6 Å². The van der Waals surface area contributed by atoms with Crippen molar-refractivity contribution in [2.24, 2.45) is 0 Å². The summed E-state index contributed by atoms with van der Waals surface area (Å²) in [5.74, 6) is -0.0983. The normalized spacial score (nSPS) is 16.0. The number of fused-ring (bicyclic) bond motifs is 1. The van der Waals surface area contributed by atoms with Gasteiger partial charge in [0.25, 0.3) is 5.91 Å². The minimum absolute atomic E-state index is 0.0802. The van der Waals surface area contributed by atoms with Crippen molar-refractivity contribution in [2.75, 3.05) is 19.7 Å². The standard InChI is InChI=1S/C14H18N4O3S/c1-2-21-14(20)17-6-3-10(4-7-17)16-12(19)11-9-22-13-15-5-8-18(11)13/h5,8-10H,2-4,6-7H2,1H3,(H,16,19). The van der Waals surface area contributed by atoms with E-state index in [9.17, 15) is 9.59 Å². The molecule has 7 nitrogen and oxygen atoms in total. The minimum atomic E-state index is -0.273. The molecule has 0 spiro atoms. The second-order valence-electron chi connectivity index (χ2n) is 5.13. The fourth-order valence-electron chi connectivity index (χ4n) is 2.57. The summed E-state index contributed by atoms with van der Waals surface area (Å²) in [6, 6.07) is 0.0802. The highest BCUT2D eigenvalue weighted by atomic mass is 32.1. The summed E-state index contributed by atoms with van der Waals surface area (Å²) in [4.78, 5) is 30.6. The van der Waals surface area contributed by atoms with Crippen molar-refractivity contribution in [2.45, 2.75) is 25.8 Å². The summed E-state index contributed by atoms with van der Waals surface area (Å²) in [6.45, 7) is 3.39. The van der Waals surface area contributed by atoms with E-state index in [-0.39, 0.29) is 18.0 Å². The smallest absolute Gasteiger partial charge is 0.409 e. The number of amides is 2. The van der Waals surface area contributed by atoms with Gasteiger partial charge in [0.15, 0.2) is 4.96 Å². The Morgan fingerprint density at radius 3 is 2.95 bits per heavy atom. The molecule has 1 aliphatic rings. The third kappa shape index (κ3) is 2.92. The molecule has 0 bridgehead atoms. The first-order valence-corrected chi connectivity index (χ1v) is 8.20. The van der Waals surface area contributed by atoms with Crippen LogP contribution in [0, 0.1) is 0 Å². The highest BCUT2D eigenvalue weighted by molar-refractivity contribution is 7.15. The number of carbonyl (C=O) groups is 2. The highest BCUT2D eigenvalue weighted by Crippen LogP contribution is 2.16. The van der Waals surface area contributed by atoms with E-state index in [4.69, 9.17) is 4.74 Å². The number of ether oxygens (including phenoxy) is 1. The average Bonchev–Trinajstić information content (AvgIpc) is 3.10. The predicted molar refractivity (Wildman–Crippen MR) is 82.2 cm³/mol. The summed E-state index contributed by atoms with van der Waals surface area (Å²) < 4.78 is 6.77. The van der Waals surface area contributed by atoms with Gasteiger partial charge in [-0.1, -0.05) is 0 Å². The quantitative estimate of drug-likeness (QED) is 0.934. The first-order valence-electron chi connectivity index (χ1n) is 7.32. The lowest BCUT2D eigenvalue weighted by molar-refractivity contribution is 0.0856.